The van der Waals surface area contributed by atoms with Crippen molar-refractivity contribution in [2.24, 2.45) is 5.92 Å². The summed E-state index contributed by atoms with van der Waals surface area (Å²) in [5, 5.41) is 0. The van der Waals surface area contributed by atoms with Crippen LogP contribution in [0.2, 0.25) is 0 Å². The summed E-state index contributed by atoms with van der Waals surface area (Å²) in [6.07, 6.45) is 4.24. The number of methoxy groups -OCH3 is 1. The van der Waals surface area contributed by atoms with Crippen LogP contribution in [0.3, 0.4) is 0 Å². The monoisotopic (exact) mass is 352 g/mol. The van der Waals surface area contributed by atoms with Gasteiger partial charge in [-0.3, -0.25) is 4.79 Å². The van der Waals surface area contributed by atoms with Crippen molar-refractivity contribution in [2.75, 3.05) is 33.8 Å². The van der Waals surface area contributed by atoms with Crippen LogP contribution in [0.15, 0.2) is 42.7 Å². The summed E-state index contributed by atoms with van der Waals surface area (Å²) < 4.78 is 5.28. The van der Waals surface area contributed by atoms with E-state index in [1.807, 2.05) is 17.0 Å². The molecule has 3 atom stereocenters. The molecule has 136 valence electrons. The van der Waals surface area contributed by atoms with Gasteiger partial charge in [-0.25, -0.2) is 9.97 Å². The Morgan fingerprint density at radius 2 is 1.88 bits per heavy atom. The van der Waals surface area contributed by atoms with Gasteiger partial charge in [0.2, 0.25) is 5.82 Å². The third kappa shape index (κ3) is 3.05. The summed E-state index contributed by atoms with van der Waals surface area (Å²) in [6, 6.07) is 10.6. The average Bonchev–Trinajstić information content (AvgIpc) is 3.04. The minimum atomic E-state index is -0.0629. The minimum Gasteiger partial charge on any atom is -0.497 e. The molecule has 1 amide bonds. The molecule has 0 bridgehead atoms. The Labute approximate surface area is 153 Å². The van der Waals surface area contributed by atoms with E-state index in [4.69, 9.17) is 4.74 Å². The Morgan fingerprint density at radius 3 is 2.58 bits per heavy atom. The highest BCUT2D eigenvalue weighted by molar-refractivity contribution is 5.90. The zero-order valence-electron chi connectivity index (χ0n) is 15.2. The number of carbonyl (C=O) groups is 1. The number of benzene rings is 1. The number of hydrogen-bond acceptors (Lipinski definition) is 5. The average molecular weight is 352 g/mol. The smallest absolute Gasteiger partial charge is 0.291 e. The number of amides is 1. The van der Waals surface area contributed by atoms with Crippen molar-refractivity contribution in [3.8, 4) is 5.75 Å². The molecule has 0 saturated carbocycles. The van der Waals surface area contributed by atoms with E-state index in [1.54, 1.807) is 25.6 Å². The van der Waals surface area contributed by atoms with E-state index in [-0.39, 0.29) is 5.91 Å². The maximum Gasteiger partial charge on any atom is 0.291 e. The number of fused-ring (bicyclic) bond motifs is 1. The molecule has 4 rings (SSSR count). The molecule has 0 aliphatic carbocycles. The Balaban J connectivity index is 1.54. The predicted molar refractivity (Wildman–Crippen MR) is 98.2 cm³/mol. The molecular weight excluding hydrogens is 328 g/mol. The van der Waals surface area contributed by atoms with Crippen LogP contribution >= 0.6 is 0 Å². The highest BCUT2D eigenvalue weighted by Gasteiger charge is 2.44. The molecule has 2 aliphatic rings. The fourth-order valence-electron chi connectivity index (χ4n) is 4.43. The summed E-state index contributed by atoms with van der Waals surface area (Å²) in [5.41, 5.74) is 1.32. The van der Waals surface area contributed by atoms with Crippen molar-refractivity contribution >= 4 is 5.91 Å². The van der Waals surface area contributed by atoms with E-state index in [0.29, 0.717) is 23.7 Å². The molecule has 0 spiro atoms. The van der Waals surface area contributed by atoms with Gasteiger partial charge in [0.25, 0.3) is 5.91 Å². The van der Waals surface area contributed by atoms with E-state index in [9.17, 15) is 4.79 Å². The van der Waals surface area contributed by atoms with Crippen LogP contribution in [0.5, 0.6) is 5.75 Å². The number of rotatable bonds is 3. The quantitative estimate of drug-likeness (QED) is 0.846. The Hall–Kier alpha value is -2.47. The van der Waals surface area contributed by atoms with E-state index in [0.717, 1.165) is 31.8 Å². The lowest BCUT2D eigenvalue weighted by atomic mass is 9.81. The molecule has 1 aromatic heterocycles. The molecule has 0 N–H and O–H groups in total. The van der Waals surface area contributed by atoms with Crippen molar-refractivity contribution in [3.63, 3.8) is 0 Å². The number of piperidine rings is 1. The second-order valence-electron chi connectivity index (χ2n) is 7.16. The van der Waals surface area contributed by atoms with Gasteiger partial charge in [-0.2, -0.15) is 0 Å². The van der Waals surface area contributed by atoms with Gasteiger partial charge in [0.1, 0.15) is 5.75 Å². The first-order valence-electron chi connectivity index (χ1n) is 9.08. The molecule has 6 heteroatoms. The van der Waals surface area contributed by atoms with Gasteiger partial charge < -0.3 is 14.5 Å². The van der Waals surface area contributed by atoms with Crippen molar-refractivity contribution in [1.82, 2.24) is 19.8 Å². The molecule has 2 aromatic rings. The number of ether oxygens (including phenoxy) is 1. The topological polar surface area (TPSA) is 58.6 Å². The van der Waals surface area contributed by atoms with Gasteiger partial charge >= 0.3 is 0 Å². The van der Waals surface area contributed by atoms with E-state index in [2.05, 4.69) is 34.0 Å². The van der Waals surface area contributed by atoms with Crippen molar-refractivity contribution in [1.29, 1.82) is 0 Å². The maximum atomic E-state index is 12.8. The number of aromatic nitrogens is 2. The molecule has 26 heavy (non-hydrogen) atoms. The normalized spacial score (nSPS) is 25.8. The van der Waals surface area contributed by atoms with Gasteiger partial charge in [-0.15, -0.1) is 0 Å². The molecule has 0 unspecified atom stereocenters. The van der Waals surface area contributed by atoms with Crippen LogP contribution in [0, 0.1) is 5.92 Å². The van der Waals surface area contributed by atoms with Crippen LogP contribution in [0.4, 0.5) is 0 Å². The van der Waals surface area contributed by atoms with Gasteiger partial charge in [0, 0.05) is 49.9 Å². The van der Waals surface area contributed by atoms with Gasteiger partial charge in [-0.05, 0) is 37.2 Å². The van der Waals surface area contributed by atoms with Crippen molar-refractivity contribution in [2.45, 2.75) is 18.4 Å². The Morgan fingerprint density at radius 1 is 1.15 bits per heavy atom. The Bertz CT molecular complexity index is 765. The van der Waals surface area contributed by atoms with Crippen molar-refractivity contribution in [3.05, 3.63) is 54.1 Å². The van der Waals surface area contributed by atoms with E-state index >= 15 is 0 Å². The van der Waals surface area contributed by atoms with Crippen LogP contribution in [0.25, 0.3) is 0 Å². The Kier molecular flexibility index (Phi) is 4.59. The first-order valence-corrected chi connectivity index (χ1v) is 9.08. The lowest BCUT2D eigenvalue weighted by molar-refractivity contribution is 0.0595. The standard InChI is InChI=1S/C20H24N4O2/c1-23-12-16(14-4-6-15(26-2)7-5-14)17-13-24(11-8-18(17)23)20(25)19-21-9-3-10-22-19/h3-7,9-10,16-18H,8,11-13H2,1-2H3/t16-,17-,18-/m1/s1. The fraction of sp³-hybridized carbons (Fsp3) is 0.450. The summed E-state index contributed by atoms with van der Waals surface area (Å²) in [6.45, 7) is 2.53. The molecule has 0 radical (unpaired) electrons. The molecule has 3 heterocycles. The lowest BCUT2D eigenvalue weighted by Crippen LogP contribution is -2.48. The third-order valence-corrected chi connectivity index (χ3v) is 5.78. The first-order chi connectivity index (χ1) is 12.7. The molecular formula is C20H24N4O2. The largest absolute Gasteiger partial charge is 0.497 e. The molecule has 2 aliphatic heterocycles. The number of nitrogens with zero attached hydrogens (tertiary/aromatic N) is 4. The second-order valence-corrected chi connectivity index (χ2v) is 7.16. The van der Waals surface area contributed by atoms with Gasteiger partial charge in [0.05, 0.1) is 7.11 Å². The number of likely N-dealkylation sites (tertiary alicyclic amines) is 2. The zero-order chi connectivity index (χ0) is 18.1. The number of likely N-dealkylation sites (N-methyl/N-ethyl adjacent to an activating group) is 1. The molecule has 2 fully saturated rings. The SMILES string of the molecule is COc1ccc([C@H]2CN(C)[C@@H]3CCN(C(=O)c4ncccn4)C[C@H]23)cc1. The van der Waals surface area contributed by atoms with Crippen LogP contribution in [-0.2, 0) is 0 Å². The van der Waals surface area contributed by atoms with Crippen molar-refractivity contribution < 1.29 is 9.53 Å². The highest BCUT2D eigenvalue weighted by Crippen LogP contribution is 2.41. The second kappa shape index (κ2) is 7.03. The highest BCUT2D eigenvalue weighted by atomic mass is 16.5. The van der Waals surface area contributed by atoms with Crippen LogP contribution in [0.1, 0.15) is 28.5 Å². The van der Waals surface area contributed by atoms with E-state index < -0.39 is 0 Å². The van der Waals surface area contributed by atoms with Crippen LogP contribution in [-0.4, -0.2) is 65.5 Å². The summed E-state index contributed by atoms with van der Waals surface area (Å²) >= 11 is 0. The summed E-state index contributed by atoms with van der Waals surface area (Å²) in [7, 11) is 3.88. The fourth-order valence-corrected chi connectivity index (χ4v) is 4.43. The summed E-state index contributed by atoms with van der Waals surface area (Å²) in [5.74, 6) is 1.95. The number of hydrogen-bond donors (Lipinski definition) is 0. The zero-order valence-corrected chi connectivity index (χ0v) is 15.2. The summed E-state index contributed by atoms with van der Waals surface area (Å²) in [4.78, 5) is 25.4. The minimum absolute atomic E-state index is 0.0629. The first kappa shape index (κ1) is 17.0. The number of carbonyl (C=O) groups excluding carboxylic acids is 1. The van der Waals surface area contributed by atoms with Gasteiger partial charge in [-0.1, -0.05) is 12.1 Å². The lowest BCUT2D eigenvalue weighted by Gasteiger charge is -2.38. The van der Waals surface area contributed by atoms with Gasteiger partial charge in [0.15, 0.2) is 0 Å². The maximum absolute atomic E-state index is 12.8. The third-order valence-electron chi connectivity index (χ3n) is 5.78. The van der Waals surface area contributed by atoms with E-state index in [1.165, 1.54) is 5.56 Å². The van der Waals surface area contributed by atoms with Crippen LogP contribution < -0.4 is 4.74 Å². The predicted octanol–water partition coefficient (Wildman–Crippen LogP) is 2.05. The molecule has 2 saturated heterocycles. The molecule has 6 nitrogen and oxygen atoms in total. The molecule has 1 aromatic carbocycles.